The van der Waals surface area contributed by atoms with Crippen molar-refractivity contribution in [2.24, 2.45) is 0 Å². The van der Waals surface area contributed by atoms with E-state index >= 15 is 0 Å². The fourth-order valence-electron chi connectivity index (χ4n) is 3.32. The van der Waals surface area contributed by atoms with Gasteiger partial charge in [0.1, 0.15) is 12.4 Å². The second kappa shape index (κ2) is 5.93. The van der Waals surface area contributed by atoms with Gasteiger partial charge in [0.15, 0.2) is 0 Å². The average Bonchev–Trinajstić information content (AvgIpc) is 2.76. The Hall–Kier alpha value is -1.06. The summed E-state index contributed by atoms with van der Waals surface area (Å²) in [4.78, 5) is 2.42. The molecule has 1 aromatic rings. The number of aliphatic hydroxyl groups excluding tert-OH is 1. The van der Waals surface area contributed by atoms with Crippen LogP contribution in [0, 0.1) is 0 Å². The fourth-order valence-corrected chi connectivity index (χ4v) is 3.32. The molecule has 2 atom stereocenters. The predicted molar refractivity (Wildman–Crippen MR) is 75.2 cm³/mol. The summed E-state index contributed by atoms with van der Waals surface area (Å²) >= 11 is 0. The zero-order valence-electron chi connectivity index (χ0n) is 11.4. The lowest BCUT2D eigenvalue weighted by atomic mass is 10.0. The van der Waals surface area contributed by atoms with Crippen LogP contribution >= 0.6 is 0 Å². The van der Waals surface area contributed by atoms with Gasteiger partial charge in [-0.2, -0.15) is 0 Å². The third-order valence-corrected chi connectivity index (χ3v) is 4.40. The van der Waals surface area contributed by atoms with Crippen molar-refractivity contribution in [1.29, 1.82) is 0 Å². The lowest BCUT2D eigenvalue weighted by Crippen LogP contribution is -2.43. The second-order valence-corrected chi connectivity index (χ2v) is 5.70. The van der Waals surface area contributed by atoms with Crippen molar-refractivity contribution < 1.29 is 9.84 Å². The van der Waals surface area contributed by atoms with Crippen molar-refractivity contribution in [3.63, 3.8) is 0 Å². The summed E-state index contributed by atoms with van der Waals surface area (Å²) in [6.07, 6.45) is 5.55. The third kappa shape index (κ3) is 2.93. The number of benzene rings is 1. The van der Waals surface area contributed by atoms with E-state index in [2.05, 4.69) is 17.0 Å². The molecule has 3 nitrogen and oxygen atoms in total. The maximum atomic E-state index is 10.4. The van der Waals surface area contributed by atoms with Gasteiger partial charge in [-0.15, -0.1) is 0 Å². The molecule has 1 aromatic carbocycles. The molecule has 3 rings (SSSR count). The van der Waals surface area contributed by atoms with Crippen LogP contribution in [-0.4, -0.2) is 35.3 Å². The van der Waals surface area contributed by atoms with Gasteiger partial charge in [0.25, 0.3) is 0 Å². The molecule has 0 spiro atoms. The quantitative estimate of drug-likeness (QED) is 0.789. The minimum Gasteiger partial charge on any atom is -0.492 e. The number of aliphatic hydroxyl groups is 1. The molecular weight excluding hydrogens is 238 g/mol. The van der Waals surface area contributed by atoms with E-state index in [1.54, 1.807) is 0 Å². The Morgan fingerprint density at radius 3 is 2.89 bits per heavy atom. The van der Waals surface area contributed by atoms with Crippen LogP contribution in [0.25, 0.3) is 0 Å². The van der Waals surface area contributed by atoms with Crippen molar-refractivity contribution in [3.8, 4) is 5.75 Å². The van der Waals surface area contributed by atoms with E-state index in [4.69, 9.17) is 4.74 Å². The van der Waals surface area contributed by atoms with Gasteiger partial charge in [-0.05, 0) is 18.9 Å². The highest BCUT2D eigenvalue weighted by atomic mass is 16.5. The molecule has 1 heterocycles. The van der Waals surface area contributed by atoms with E-state index in [-0.39, 0.29) is 6.10 Å². The minimum atomic E-state index is -0.173. The molecular formula is C16H23NO2. The number of fused-ring (bicyclic) bond motifs is 1. The summed E-state index contributed by atoms with van der Waals surface area (Å²) in [5.74, 6) is 1.01. The van der Waals surface area contributed by atoms with E-state index in [0.717, 1.165) is 38.3 Å². The zero-order valence-corrected chi connectivity index (χ0v) is 11.4. The monoisotopic (exact) mass is 261 g/mol. The molecule has 1 aliphatic carbocycles. The standard InChI is InChI=1S/C16H23NO2/c18-15-8-3-1-2-7-14(15)17-10-11-19-16-9-5-4-6-13(16)12-17/h4-6,9,14-15,18H,1-3,7-8,10-12H2. The summed E-state index contributed by atoms with van der Waals surface area (Å²) in [6, 6.07) is 8.57. The maximum Gasteiger partial charge on any atom is 0.123 e. The van der Waals surface area contributed by atoms with Gasteiger partial charge in [0.2, 0.25) is 0 Å². The van der Waals surface area contributed by atoms with Gasteiger partial charge in [0.05, 0.1) is 6.10 Å². The van der Waals surface area contributed by atoms with Crippen molar-refractivity contribution in [2.75, 3.05) is 13.2 Å². The first-order valence-corrected chi connectivity index (χ1v) is 7.47. The van der Waals surface area contributed by atoms with Crippen LogP contribution < -0.4 is 4.74 Å². The smallest absolute Gasteiger partial charge is 0.123 e. The highest BCUT2D eigenvalue weighted by molar-refractivity contribution is 5.33. The molecule has 0 bridgehead atoms. The van der Waals surface area contributed by atoms with Crippen LogP contribution in [0.15, 0.2) is 24.3 Å². The van der Waals surface area contributed by atoms with Gasteiger partial charge in [0, 0.05) is 24.7 Å². The second-order valence-electron chi connectivity index (χ2n) is 5.70. The Balaban J connectivity index is 1.77. The Kier molecular flexibility index (Phi) is 4.04. The lowest BCUT2D eigenvalue weighted by molar-refractivity contribution is 0.0371. The molecule has 0 radical (unpaired) electrons. The van der Waals surface area contributed by atoms with E-state index < -0.39 is 0 Å². The topological polar surface area (TPSA) is 32.7 Å². The summed E-state index contributed by atoms with van der Waals surface area (Å²) in [7, 11) is 0. The van der Waals surface area contributed by atoms with Crippen LogP contribution in [0.3, 0.4) is 0 Å². The summed E-state index contributed by atoms with van der Waals surface area (Å²) < 4.78 is 5.81. The summed E-state index contributed by atoms with van der Waals surface area (Å²) in [5.41, 5.74) is 1.25. The largest absolute Gasteiger partial charge is 0.492 e. The molecule has 0 saturated heterocycles. The van der Waals surface area contributed by atoms with E-state index in [0.29, 0.717) is 6.04 Å². The van der Waals surface area contributed by atoms with Gasteiger partial charge in [-0.1, -0.05) is 37.5 Å². The average molecular weight is 261 g/mol. The van der Waals surface area contributed by atoms with Gasteiger partial charge in [-0.25, -0.2) is 0 Å². The maximum absolute atomic E-state index is 10.4. The third-order valence-electron chi connectivity index (χ3n) is 4.40. The SMILES string of the molecule is OC1CCCCCC1N1CCOc2ccccc2C1. The molecule has 104 valence electrons. The predicted octanol–water partition coefficient (Wildman–Crippen LogP) is 2.57. The Morgan fingerprint density at radius 1 is 1.11 bits per heavy atom. The molecule has 1 N–H and O–H groups in total. The van der Waals surface area contributed by atoms with E-state index in [1.807, 2.05) is 12.1 Å². The van der Waals surface area contributed by atoms with Crippen molar-refractivity contribution in [2.45, 2.75) is 50.8 Å². The number of hydrogen-bond donors (Lipinski definition) is 1. The van der Waals surface area contributed by atoms with E-state index in [9.17, 15) is 5.11 Å². The number of hydrogen-bond acceptors (Lipinski definition) is 3. The molecule has 1 fully saturated rings. The van der Waals surface area contributed by atoms with Crippen molar-refractivity contribution in [1.82, 2.24) is 4.90 Å². The summed E-state index contributed by atoms with van der Waals surface area (Å²) in [6.45, 7) is 2.54. The molecule has 3 heteroatoms. The zero-order chi connectivity index (χ0) is 13.1. The van der Waals surface area contributed by atoms with Crippen LogP contribution in [0.2, 0.25) is 0 Å². The first-order valence-electron chi connectivity index (χ1n) is 7.47. The molecule has 2 unspecified atom stereocenters. The molecule has 2 aliphatic rings. The molecule has 1 aliphatic heterocycles. The molecule has 0 aromatic heterocycles. The van der Waals surface area contributed by atoms with Crippen LogP contribution in [0.4, 0.5) is 0 Å². The summed E-state index contributed by atoms with van der Waals surface area (Å²) in [5, 5.41) is 10.4. The highest BCUT2D eigenvalue weighted by Gasteiger charge is 2.29. The van der Waals surface area contributed by atoms with E-state index in [1.165, 1.54) is 24.8 Å². The molecule has 19 heavy (non-hydrogen) atoms. The number of para-hydroxylation sites is 1. The normalized spacial score (nSPS) is 28.9. The minimum absolute atomic E-state index is 0.173. The number of nitrogens with zero attached hydrogens (tertiary/aromatic N) is 1. The molecule has 1 saturated carbocycles. The van der Waals surface area contributed by atoms with Gasteiger partial charge >= 0.3 is 0 Å². The Bertz CT molecular complexity index is 421. The van der Waals surface area contributed by atoms with Crippen LogP contribution in [0.1, 0.15) is 37.7 Å². The van der Waals surface area contributed by atoms with Crippen molar-refractivity contribution in [3.05, 3.63) is 29.8 Å². The van der Waals surface area contributed by atoms with Crippen LogP contribution in [0.5, 0.6) is 5.75 Å². The number of rotatable bonds is 1. The Labute approximate surface area is 115 Å². The lowest BCUT2D eigenvalue weighted by Gasteiger charge is -2.32. The fraction of sp³-hybridized carbons (Fsp3) is 0.625. The van der Waals surface area contributed by atoms with Gasteiger partial charge < -0.3 is 9.84 Å². The first kappa shape index (κ1) is 12.9. The van der Waals surface area contributed by atoms with Crippen LogP contribution in [-0.2, 0) is 6.54 Å². The Morgan fingerprint density at radius 2 is 1.95 bits per heavy atom. The van der Waals surface area contributed by atoms with Gasteiger partial charge in [-0.3, -0.25) is 4.90 Å². The molecule has 0 amide bonds. The highest BCUT2D eigenvalue weighted by Crippen LogP contribution is 2.28. The number of ether oxygens (including phenoxy) is 1. The first-order chi connectivity index (χ1) is 9.34. The van der Waals surface area contributed by atoms with Crippen molar-refractivity contribution >= 4 is 0 Å².